The summed E-state index contributed by atoms with van der Waals surface area (Å²) in [5.74, 6) is 1.30. The Hall–Kier alpha value is -1.62. The molecule has 0 unspecified atom stereocenters. The van der Waals surface area contributed by atoms with Crippen molar-refractivity contribution in [2.24, 2.45) is 0 Å². The summed E-state index contributed by atoms with van der Waals surface area (Å²) in [7, 11) is 0. The molecule has 1 aliphatic carbocycles. The zero-order valence-corrected chi connectivity index (χ0v) is 13.9. The highest BCUT2D eigenvalue weighted by molar-refractivity contribution is 5.76. The lowest BCUT2D eigenvalue weighted by molar-refractivity contribution is -0.131. The van der Waals surface area contributed by atoms with Gasteiger partial charge in [-0.3, -0.25) is 4.79 Å². The van der Waals surface area contributed by atoms with E-state index in [1.165, 1.54) is 32.1 Å². The summed E-state index contributed by atoms with van der Waals surface area (Å²) in [5, 5.41) is 3.56. The molecule has 0 spiro atoms. The number of nitrogens with zero attached hydrogens (tertiary/aromatic N) is 3. The Morgan fingerprint density at radius 2 is 1.91 bits per heavy atom. The number of carbonyl (C=O) groups is 1. The van der Waals surface area contributed by atoms with Gasteiger partial charge in [-0.05, 0) is 25.0 Å². The monoisotopic (exact) mass is 316 g/mol. The molecular formula is C18H28N4O. The van der Waals surface area contributed by atoms with E-state index in [4.69, 9.17) is 0 Å². The maximum absolute atomic E-state index is 12.3. The molecule has 2 aliphatic rings. The van der Waals surface area contributed by atoms with Crippen LogP contribution in [0.2, 0.25) is 0 Å². The third-order valence-electron chi connectivity index (χ3n) is 4.98. The minimum absolute atomic E-state index is 0.286. The van der Waals surface area contributed by atoms with Gasteiger partial charge in [-0.2, -0.15) is 0 Å². The van der Waals surface area contributed by atoms with Gasteiger partial charge in [0.2, 0.25) is 5.91 Å². The van der Waals surface area contributed by atoms with Gasteiger partial charge in [0.25, 0.3) is 0 Å². The van der Waals surface area contributed by atoms with E-state index in [2.05, 4.69) is 15.2 Å². The van der Waals surface area contributed by atoms with E-state index in [-0.39, 0.29) is 5.91 Å². The van der Waals surface area contributed by atoms with E-state index in [1.807, 2.05) is 29.3 Å². The number of amides is 1. The van der Waals surface area contributed by atoms with Crippen LogP contribution in [0.15, 0.2) is 24.4 Å². The first-order valence-corrected chi connectivity index (χ1v) is 9.00. The van der Waals surface area contributed by atoms with Gasteiger partial charge >= 0.3 is 0 Å². The average Bonchev–Trinajstić information content (AvgIpc) is 2.63. The predicted octanol–water partition coefficient (Wildman–Crippen LogP) is 2.04. The summed E-state index contributed by atoms with van der Waals surface area (Å²) < 4.78 is 0. The van der Waals surface area contributed by atoms with Gasteiger partial charge in [0.15, 0.2) is 0 Å². The highest BCUT2D eigenvalue weighted by atomic mass is 16.2. The van der Waals surface area contributed by atoms with Crippen molar-refractivity contribution >= 4 is 11.7 Å². The number of hydrogen-bond donors (Lipinski definition) is 1. The van der Waals surface area contributed by atoms with Gasteiger partial charge in [-0.15, -0.1) is 0 Å². The van der Waals surface area contributed by atoms with Crippen molar-refractivity contribution in [3.05, 3.63) is 24.4 Å². The highest BCUT2D eigenvalue weighted by Crippen LogP contribution is 2.17. The Morgan fingerprint density at radius 3 is 2.61 bits per heavy atom. The van der Waals surface area contributed by atoms with Gasteiger partial charge in [0, 0.05) is 51.4 Å². The molecular weight excluding hydrogens is 288 g/mol. The van der Waals surface area contributed by atoms with Gasteiger partial charge in [0.1, 0.15) is 5.82 Å². The molecule has 1 saturated heterocycles. The molecule has 0 atom stereocenters. The molecule has 1 aliphatic heterocycles. The molecule has 23 heavy (non-hydrogen) atoms. The third kappa shape index (κ3) is 4.67. The Kier molecular flexibility index (Phi) is 5.86. The smallest absolute Gasteiger partial charge is 0.223 e. The van der Waals surface area contributed by atoms with E-state index in [0.717, 1.165) is 38.5 Å². The molecule has 1 aromatic heterocycles. The van der Waals surface area contributed by atoms with Crippen LogP contribution >= 0.6 is 0 Å². The Labute approximate surface area is 139 Å². The van der Waals surface area contributed by atoms with Crippen LogP contribution in [-0.2, 0) is 4.79 Å². The van der Waals surface area contributed by atoms with Crippen LogP contribution in [0.4, 0.5) is 5.82 Å². The molecule has 1 aromatic rings. The number of anilines is 1. The van der Waals surface area contributed by atoms with Gasteiger partial charge in [-0.1, -0.05) is 25.3 Å². The van der Waals surface area contributed by atoms with Crippen molar-refractivity contribution in [1.82, 2.24) is 15.2 Å². The maximum atomic E-state index is 12.3. The summed E-state index contributed by atoms with van der Waals surface area (Å²) in [6.45, 7) is 4.18. The van der Waals surface area contributed by atoms with Gasteiger partial charge < -0.3 is 15.1 Å². The fourth-order valence-electron chi connectivity index (χ4n) is 3.57. The second-order valence-electron chi connectivity index (χ2n) is 6.59. The molecule has 126 valence electrons. The summed E-state index contributed by atoms with van der Waals surface area (Å²) in [6.07, 6.45) is 9.04. The lowest BCUT2D eigenvalue weighted by atomic mass is 9.95. The first-order valence-electron chi connectivity index (χ1n) is 9.00. The normalized spacial score (nSPS) is 19.8. The lowest BCUT2D eigenvalue weighted by Crippen LogP contribution is -2.49. The Morgan fingerprint density at radius 1 is 1.13 bits per heavy atom. The number of aromatic nitrogens is 1. The highest BCUT2D eigenvalue weighted by Gasteiger charge is 2.21. The zero-order chi connectivity index (χ0) is 15.9. The van der Waals surface area contributed by atoms with Crippen molar-refractivity contribution in [2.45, 2.75) is 44.6 Å². The van der Waals surface area contributed by atoms with Crippen LogP contribution in [0.25, 0.3) is 0 Å². The van der Waals surface area contributed by atoms with E-state index < -0.39 is 0 Å². The number of piperazine rings is 1. The maximum Gasteiger partial charge on any atom is 0.223 e. The quantitative estimate of drug-likeness (QED) is 0.903. The van der Waals surface area contributed by atoms with Gasteiger partial charge in [0.05, 0.1) is 0 Å². The summed E-state index contributed by atoms with van der Waals surface area (Å²) in [6, 6.07) is 6.61. The summed E-state index contributed by atoms with van der Waals surface area (Å²) >= 11 is 0. The van der Waals surface area contributed by atoms with Crippen molar-refractivity contribution in [3.63, 3.8) is 0 Å². The Bertz CT molecular complexity index is 479. The van der Waals surface area contributed by atoms with Crippen molar-refractivity contribution < 1.29 is 4.79 Å². The molecule has 2 heterocycles. The number of pyridine rings is 1. The predicted molar refractivity (Wildman–Crippen MR) is 92.5 cm³/mol. The minimum atomic E-state index is 0.286. The van der Waals surface area contributed by atoms with Crippen LogP contribution in [0.1, 0.15) is 38.5 Å². The SMILES string of the molecule is O=C(CCNC1CCCCC1)N1CCN(c2ccccn2)CC1. The van der Waals surface area contributed by atoms with Crippen molar-refractivity contribution in [2.75, 3.05) is 37.6 Å². The van der Waals surface area contributed by atoms with E-state index in [0.29, 0.717) is 12.5 Å². The van der Waals surface area contributed by atoms with Crippen LogP contribution < -0.4 is 10.2 Å². The number of rotatable bonds is 5. The van der Waals surface area contributed by atoms with E-state index in [9.17, 15) is 4.79 Å². The largest absolute Gasteiger partial charge is 0.353 e. The summed E-state index contributed by atoms with van der Waals surface area (Å²) in [5.41, 5.74) is 0. The van der Waals surface area contributed by atoms with Crippen LogP contribution in [0, 0.1) is 0 Å². The van der Waals surface area contributed by atoms with E-state index >= 15 is 0 Å². The fourth-order valence-corrected chi connectivity index (χ4v) is 3.57. The second kappa shape index (κ2) is 8.29. The van der Waals surface area contributed by atoms with E-state index in [1.54, 1.807) is 0 Å². The lowest BCUT2D eigenvalue weighted by Gasteiger charge is -2.35. The first-order chi connectivity index (χ1) is 11.3. The molecule has 2 fully saturated rings. The molecule has 0 radical (unpaired) electrons. The average molecular weight is 316 g/mol. The molecule has 5 heteroatoms. The van der Waals surface area contributed by atoms with Crippen molar-refractivity contribution in [1.29, 1.82) is 0 Å². The molecule has 1 saturated carbocycles. The summed E-state index contributed by atoms with van der Waals surface area (Å²) in [4.78, 5) is 21.0. The van der Waals surface area contributed by atoms with Crippen molar-refractivity contribution in [3.8, 4) is 0 Å². The number of carbonyl (C=O) groups excluding carboxylic acids is 1. The fraction of sp³-hybridized carbons (Fsp3) is 0.667. The third-order valence-corrected chi connectivity index (χ3v) is 4.98. The molecule has 0 bridgehead atoms. The molecule has 0 aromatic carbocycles. The van der Waals surface area contributed by atoms with Crippen LogP contribution in [0.5, 0.6) is 0 Å². The van der Waals surface area contributed by atoms with Crippen LogP contribution in [-0.4, -0.2) is 54.6 Å². The van der Waals surface area contributed by atoms with Crippen LogP contribution in [0.3, 0.4) is 0 Å². The molecule has 1 N–H and O–H groups in total. The molecule has 3 rings (SSSR count). The standard InChI is InChI=1S/C18H28N4O/c23-18(9-11-19-16-6-2-1-3-7-16)22-14-12-21(13-15-22)17-8-4-5-10-20-17/h4-5,8,10,16,19H,1-3,6-7,9,11-15H2. The topological polar surface area (TPSA) is 48.5 Å². The zero-order valence-electron chi connectivity index (χ0n) is 13.9. The molecule has 5 nitrogen and oxygen atoms in total. The molecule has 1 amide bonds. The first kappa shape index (κ1) is 16.2. The number of hydrogen-bond acceptors (Lipinski definition) is 4. The van der Waals surface area contributed by atoms with Gasteiger partial charge in [-0.25, -0.2) is 4.98 Å². The number of nitrogens with one attached hydrogen (secondary N) is 1. The Balaban J connectivity index is 1.36. The minimum Gasteiger partial charge on any atom is -0.353 e. The second-order valence-corrected chi connectivity index (χ2v) is 6.59.